The minimum Gasteiger partial charge on any atom is -0.410 e. The molecule has 0 saturated carbocycles. The van der Waals surface area contributed by atoms with Crippen molar-refractivity contribution in [3.8, 4) is 5.75 Å². The average Bonchev–Trinajstić information content (AvgIpc) is 2.74. The van der Waals surface area contributed by atoms with E-state index in [4.69, 9.17) is 4.74 Å². The lowest BCUT2D eigenvalue weighted by Crippen LogP contribution is -2.18. The first kappa shape index (κ1) is 14.5. The molecular weight excluding hydrogens is 283 g/mol. The van der Waals surface area contributed by atoms with E-state index in [-0.39, 0.29) is 5.69 Å². The van der Waals surface area contributed by atoms with Crippen LogP contribution in [0.15, 0.2) is 42.5 Å². The van der Waals surface area contributed by atoms with Gasteiger partial charge in [-0.05, 0) is 54.8 Å². The zero-order chi connectivity index (χ0) is 15.4. The summed E-state index contributed by atoms with van der Waals surface area (Å²) < 4.78 is 18.7. The summed E-state index contributed by atoms with van der Waals surface area (Å²) in [6.45, 7) is 1.75. The number of aryl methyl sites for hydroxylation is 1. The van der Waals surface area contributed by atoms with Gasteiger partial charge < -0.3 is 10.1 Å². The van der Waals surface area contributed by atoms with Gasteiger partial charge in [0.2, 0.25) is 0 Å². The van der Waals surface area contributed by atoms with E-state index in [1.165, 1.54) is 17.7 Å². The molecule has 0 saturated heterocycles. The van der Waals surface area contributed by atoms with Crippen molar-refractivity contribution in [1.82, 2.24) is 5.32 Å². The monoisotopic (exact) mass is 300 g/mol. The van der Waals surface area contributed by atoms with E-state index >= 15 is 0 Å². The van der Waals surface area contributed by atoms with Gasteiger partial charge in [-0.1, -0.05) is 18.2 Å². The molecule has 2 aromatic carbocycles. The van der Waals surface area contributed by atoms with Gasteiger partial charge in [0.15, 0.2) is 0 Å². The lowest BCUT2D eigenvalue weighted by atomic mass is 10.0. The molecule has 0 radical (unpaired) electrons. The molecule has 0 unspecified atom stereocenters. The first-order chi connectivity index (χ1) is 10.7. The number of amides is 1. The van der Waals surface area contributed by atoms with E-state index in [0.29, 0.717) is 5.75 Å². The Morgan fingerprint density at radius 2 is 2.05 bits per heavy atom. The van der Waals surface area contributed by atoms with Crippen LogP contribution in [0.25, 0.3) is 0 Å². The topological polar surface area (TPSA) is 50.4 Å². The summed E-state index contributed by atoms with van der Waals surface area (Å²) in [4.78, 5) is 11.9. The Labute approximate surface area is 128 Å². The number of anilines is 1. The predicted molar refractivity (Wildman–Crippen MR) is 82.5 cm³/mol. The van der Waals surface area contributed by atoms with Crippen molar-refractivity contribution in [2.75, 3.05) is 11.9 Å². The van der Waals surface area contributed by atoms with Gasteiger partial charge in [-0.15, -0.1) is 0 Å². The van der Waals surface area contributed by atoms with Crippen molar-refractivity contribution < 1.29 is 13.9 Å². The van der Waals surface area contributed by atoms with Crippen LogP contribution in [0.1, 0.15) is 17.5 Å². The minimum absolute atomic E-state index is 0.101. The number of ether oxygens (including phenoxy) is 1. The van der Waals surface area contributed by atoms with Gasteiger partial charge in [0.25, 0.3) is 0 Å². The van der Waals surface area contributed by atoms with Crippen molar-refractivity contribution in [3.05, 3.63) is 59.4 Å². The number of fused-ring (bicyclic) bond motifs is 1. The predicted octanol–water partition coefficient (Wildman–Crippen LogP) is 3.47. The molecule has 1 aliphatic heterocycles. The molecule has 0 aromatic heterocycles. The fraction of sp³-hybridized carbons (Fsp3) is 0.235. The molecule has 22 heavy (non-hydrogen) atoms. The summed E-state index contributed by atoms with van der Waals surface area (Å²) >= 11 is 0. The van der Waals surface area contributed by atoms with Gasteiger partial charge in [0.1, 0.15) is 11.6 Å². The van der Waals surface area contributed by atoms with Crippen LogP contribution in [0.4, 0.5) is 14.9 Å². The van der Waals surface area contributed by atoms with Crippen LogP contribution in [0.5, 0.6) is 5.75 Å². The smallest absolute Gasteiger partial charge is 0.410 e. The Morgan fingerprint density at radius 1 is 1.18 bits per heavy atom. The number of rotatable bonds is 2. The maximum atomic E-state index is 13.5. The molecule has 0 fully saturated rings. The summed E-state index contributed by atoms with van der Waals surface area (Å²) in [5, 5.41) is 5.72. The first-order valence-corrected chi connectivity index (χ1v) is 7.28. The molecule has 1 heterocycles. The second-order valence-corrected chi connectivity index (χ2v) is 5.21. The molecule has 2 N–H and O–H groups in total. The summed E-state index contributed by atoms with van der Waals surface area (Å²) in [5.74, 6) is -0.0399. The molecule has 3 rings (SSSR count). The van der Waals surface area contributed by atoms with Crippen molar-refractivity contribution in [2.24, 2.45) is 0 Å². The van der Waals surface area contributed by atoms with Crippen LogP contribution in [0.3, 0.4) is 0 Å². The van der Waals surface area contributed by atoms with Crippen LogP contribution in [0, 0.1) is 5.82 Å². The molecule has 114 valence electrons. The number of para-hydroxylation sites is 1. The zero-order valence-corrected chi connectivity index (χ0v) is 12.1. The fourth-order valence-electron chi connectivity index (χ4n) is 2.51. The summed E-state index contributed by atoms with van der Waals surface area (Å²) in [7, 11) is 0. The van der Waals surface area contributed by atoms with Crippen molar-refractivity contribution in [3.63, 3.8) is 0 Å². The van der Waals surface area contributed by atoms with E-state index in [2.05, 4.69) is 10.6 Å². The normalized spacial score (nSPS) is 13.9. The molecule has 0 bridgehead atoms. The van der Waals surface area contributed by atoms with Crippen LogP contribution >= 0.6 is 0 Å². The highest BCUT2D eigenvalue weighted by molar-refractivity contribution is 5.86. The number of hydrogen-bond donors (Lipinski definition) is 2. The summed E-state index contributed by atoms with van der Waals surface area (Å²) in [5.41, 5.74) is 2.50. The third-order valence-corrected chi connectivity index (χ3v) is 3.61. The Kier molecular flexibility index (Phi) is 4.34. The van der Waals surface area contributed by atoms with E-state index in [1.54, 1.807) is 18.2 Å². The lowest BCUT2D eigenvalue weighted by Gasteiger charge is -2.10. The maximum Gasteiger partial charge on any atom is 0.417 e. The molecule has 1 amide bonds. The molecule has 0 spiro atoms. The summed E-state index contributed by atoms with van der Waals surface area (Å²) in [6, 6.07) is 11.6. The van der Waals surface area contributed by atoms with Gasteiger partial charge in [-0.25, -0.2) is 9.18 Å². The Bertz CT molecular complexity index is 688. The summed E-state index contributed by atoms with van der Waals surface area (Å²) in [6.07, 6.45) is 1.41. The third kappa shape index (κ3) is 3.43. The van der Waals surface area contributed by atoms with E-state index in [1.807, 2.05) is 12.1 Å². The molecule has 4 nitrogen and oxygen atoms in total. The molecular formula is C17H17FN2O2. The highest BCUT2D eigenvalue weighted by atomic mass is 19.1. The van der Waals surface area contributed by atoms with E-state index in [9.17, 15) is 9.18 Å². The Balaban J connectivity index is 1.69. The van der Waals surface area contributed by atoms with Gasteiger partial charge in [-0.3, -0.25) is 5.32 Å². The maximum absolute atomic E-state index is 13.5. The number of benzene rings is 2. The average molecular weight is 300 g/mol. The van der Waals surface area contributed by atoms with Crippen molar-refractivity contribution in [1.29, 1.82) is 0 Å². The van der Waals surface area contributed by atoms with E-state index < -0.39 is 11.9 Å². The molecule has 5 heteroatoms. The molecule has 2 aromatic rings. The fourth-order valence-corrected chi connectivity index (χ4v) is 2.51. The largest absolute Gasteiger partial charge is 0.417 e. The number of carbonyl (C=O) groups excluding carboxylic acids is 1. The zero-order valence-electron chi connectivity index (χ0n) is 12.1. The molecule has 0 aliphatic carbocycles. The molecule has 0 atom stereocenters. The van der Waals surface area contributed by atoms with Gasteiger partial charge in [-0.2, -0.15) is 0 Å². The van der Waals surface area contributed by atoms with Crippen LogP contribution in [-0.4, -0.2) is 12.6 Å². The van der Waals surface area contributed by atoms with Crippen LogP contribution < -0.4 is 15.4 Å². The third-order valence-electron chi connectivity index (χ3n) is 3.61. The first-order valence-electron chi connectivity index (χ1n) is 7.28. The number of hydrogen-bond acceptors (Lipinski definition) is 3. The minimum atomic E-state index is -0.702. The highest BCUT2D eigenvalue weighted by Gasteiger charge is 2.12. The van der Waals surface area contributed by atoms with Gasteiger partial charge in [0, 0.05) is 6.54 Å². The van der Waals surface area contributed by atoms with Gasteiger partial charge in [0.05, 0.1) is 5.69 Å². The Hall–Kier alpha value is -2.40. The SMILES string of the molecule is O=C(Nc1ccccc1F)Oc1ccc2c(c1)CNCCC2. The number of nitrogens with one attached hydrogen (secondary N) is 2. The second kappa shape index (κ2) is 6.58. The van der Waals surface area contributed by atoms with Gasteiger partial charge >= 0.3 is 6.09 Å². The number of halogens is 1. The van der Waals surface area contributed by atoms with E-state index in [0.717, 1.165) is 31.5 Å². The van der Waals surface area contributed by atoms with Crippen LogP contribution in [-0.2, 0) is 13.0 Å². The lowest BCUT2D eigenvalue weighted by molar-refractivity contribution is 0.215. The van der Waals surface area contributed by atoms with Crippen molar-refractivity contribution >= 4 is 11.8 Å². The van der Waals surface area contributed by atoms with Crippen molar-refractivity contribution in [2.45, 2.75) is 19.4 Å². The molecule has 1 aliphatic rings. The second-order valence-electron chi connectivity index (χ2n) is 5.21. The highest BCUT2D eigenvalue weighted by Crippen LogP contribution is 2.21. The standard InChI is InChI=1S/C17H17FN2O2/c18-15-5-1-2-6-16(15)20-17(21)22-14-8-7-12-4-3-9-19-11-13(12)10-14/h1-2,5-8,10,19H,3-4,9,11H2,(H,20,21). The quantitative estimate of drug-likeness (QED) is 0.893. The number of carbonyl (C=O) groups is 1. The van der Waals surface area contributed by atoms with Crippen LogP contribution in [0.2, 0.25) is 0 Å². The Morgan fingerprint density at radius 3 is 2.91 bits per heavy atom.